The molecule has 0 bridgehead atoms. The lowest BCUT2D eigenvalue weighted by atomic mass is 10.2. The molecule has 0 spiro atoms. The number of halogens is 1. The van der Waals surface area contributed by atoms with Gasteiger partial charge in [-0.1, -0.05) is 12.1 Å². The van der Waals surface area contributed by atoms with E-state index in [9.17, 15) is 4.79 Å². The van der Waals surface area contributed by atoms with Gasteiger partial charge in [0, 0.05) is 18.6 Å². The van der Waals surface area contributed by atoms with Crippen LogP contribution in [0, 0.1) is 6.92 Å². The largest absolute Gasteiger partial charge is 0.494 e. The molecule has 3 rings (SSSR count). The van der Waals surface area contributed by atoms with Gasteiger partial charge in [0.1, 0.15) is 11.4 Å². The fourth-order valence-corrected chi connectivity index (χ4v) is 4.19. The van der Waals surface area contributed by atoms with Gasteiger partial charge in [-0.2, -0.15) is 0 Å². The Bertz CT molecular complexity index is 954. The second kappa shape index (κ2) is 8.19. The van der Waals surface area contributed by atoms with Crippen molar-refractivity contribution < 1.29 is 9.53 Å². The molecule has 140 valence electrons. The third-order valence-electron chi connectivity index (χ3n) is 3.96. The molecule has 1 heterocycles. The van der Waals surface area contributed by atoms with Gasteiger partial charge in [-0.3, -0.25) is 4.79 Å². The summed E-state index contributed by atoms with van der Waals surface area (Å²) in [5, 5.41) is 3.36. The molecule has 1 aliphatic heterocycles. The molecule has 0 atom stereocenters. The molecule has 2 aromatic rings. The van der Waals surface area contributed by atoms with E-state index in [2.05, 4.69) is 26.2 Å². The Balaban J connectivity index is 1.86. The van der Waals surface area contributed by atoms with E-state index in [0.29, 0.717) is 21.5 Å². The predicted molar refractivity (Wildman–Crippen MR) is 117 cm³/mol. The molecule has 7 heteroatoms. The Labute approximate surface area is 171 Å². The average molecular weight is 446 g/mol. The second-order valence-corrected chi connectivity index (χ2v) is 8.15. The van der Waals surface area contributed by atoms with Crippen molar-refractivity contribution in [3.05, 3.63) is 56.9 Å². The van der Waals surface area contributed by atoms with Crippen molar-refractivity contribution in [3.8, 4) is 5.75 Å². The Morgan fingerprint density at radius 1 is 1.22 bits per heavy atom. The van der Waals surface area contributed by atoms with Crippen LogP contribution in [-0.2, 0) is 4.79 Å². The maximum Gasteiger partial charge on any atom is 0.264 e. The summed E-state index contributed by atoms with van der Waals surface area (Å²) < 4.78 is 6.33. The number of benzene rings is 2. The maximum absolute atomic E-state index is 12.3. The monoisotopic (exact) mass is 445 g/mol. The smallest absolute Gasteiger partial charge is 0.264 e. The number of hydrogen-bond acceptors (Lipinski definition) is 5. The molecule has 0 saturated carbocycles. The van der Waals surface area contributed by atoms with Gasteiger partial charge in [0.25, 0.3) is 5.91 Å². The van der Waals surface area contributed by atoms with Crippen LogP contribution in [0.1, 0.15) is 11.1 Å². The molecule has 1 saturated heterocycles. The van der Waals surface area contributed by atoms with Gasteiger partial charge in [-0.05, 0) is 76.1 Å². The number of amides is 1. The zero-order valence-electron chi connectivity index (χ0n) is 15.5. The Morgan fingerprint density at radius 2 is 2.00 bits per heavy atom. The van der Waals surface area contributed by atoms with Crippen molar-refractivity contribution in [2.45, 2.75) is 6.92 Å². The summed E-state index contributed by atoms with van der Waals surface area (Å²) in [6.45, 7) is 1.99. The highest BCUT2D eigenvalue weighted by Crippen LogP contribution is 2.33. The molecule has 1 fully saturated rings. The van der Waals surface area contributed by atoms with Crippen molar-refractivity contribution >= 4 is 56.2 Å². The lowest BCUT2D eigenvalue weighted by molar-refractivity contribution is -0.115. The molecule has 1 N–H and O–H groups in total. The molecule has 2 aromatic carbocycles. The van der Waals surface area contributed by atoms with Crippen LogP contribution in [0.4, 0.5) is 11.4 Å². The molecular weight excluding hydrogens is 426 g/mol. The van der Waals surface area contributed by atoms with E-state index in [0.717, 1.165) is 21.3 Å². The van der Waals surface area contributed by atoms with E-state index in [1.54, 1.807) is 7.11 Å². The number of carbonyl (C=O) groups excluding carboxylic acids is 1. The number of thioether (sulfide) groups is 1. The molecule has 0 radical (unpaired) electrons. The lowest BCUT2D eigenvalue weighted by Gasteiger charge is -2.14. The van der Waals surface area contributed by atoms with Gasteiger partial charge in [0.05, 0.1) is 17.7 Å². The standard InChI is InChI=1S/C20H20BrN3O2S/c1-12-5-8-17(26-4)15(9-12)22-20-23-19(25)18(27-20)11-13-6-7-16(24(2)3)14(21)10-13/h5-11H,1-4H3,(H,22,23,25)/b18-11-. The molecule has 0 aliphatic carbocycles. The second-order valence-electron chi connectivity index (χ2n) is 6.26. The van der Waals surface area contributed by atoms with Crippen LogP contribution in [0.5, 0.6) is 5.75 Å². The van der Waals surface area contributed by atoms with Crippen molar-refractivity contribution in [1.82, 2.24) is 5.32 Å². The van der Waals surface area contributed by atoms with Crippen LogP contribution in [-0.4, -0.2) is 32.3 Å². The van der Waals surface area contributed by atoms with E-state index in [-0.39, 0.29) is 5.91 Å². The van der Waals surface area contributed by atoms with Crippen molar-refractivity contribution in [3.63, 3.8) is 0 Å². The molecule has 1 amide bonds. The topological polar surface area (TPSA) is 53.9 Å². The number of nitrogens with one attached hydrogen (secondary N) is 1. The third kappa shape index (κ3) is 4.54. The number of rotatable bonds is 4. The first kappa shape index (κ1) is 19.5. The lowest BCUT2D eigenvalue weighted by Crippen LogP contribution is -2.19. The highest BCUT2D eigenvalue weighted by Gasteiger charge is 2.24. The number of methoxy groups -OCH3 is 1. The minimum Gasteiger partial charge on any atom is -0.494 e. The van der Waals surface area contributed by atoms with Gasteiger partial charge in [0.2, 0.25) is 0 Å². The van der Waals surface area contributed by atoms with Crippen LogP contribution in [0.3, 0.4) is 0 Å². The minimum absolute atomic E-state index is 0.154. The highest BCUT2D eigenvalue weighted by molar-refractivity contribution is 9.10. The van der Waals surface area contributed by atoms with Crippen LogP contribution >= 0.6 is 27.7 Å². The fraction of sp³-hybridized carbons (Fsp3) is 0.200. The van der Waals surface area contributed by atoms with Crippen molar-refractivity contribution in [2.24, 2.45) is 4.99 Å². The summed E-state index contributed by atoms with van der Waals surface area (Å²) in [6, 6.07) is 11.8. The first-order valence-electron chi connectivity index (χ1n) is 8.28. The van der Waals surface area contributed by atoms with Crippen LogP contribution < -0.4 is 15.0 Å². The van der Waals surface area contributed by atoms with E-state index in [1.165, 1.54) is 11.8 Å². The number of anilines is 1. The average Bonchev–Trinajstić information content (AvgIpc) is 2.94. The Morgan fingerprint density at radius 3 is 2.67 bits per heavy atom. The molecular formula is C20H20BrN3O2S. The van der Waals surface area contributed by atoms with Gasteiger partial charge in [0.15, 0.2) is 5.17 Å². The first-order valence-corrected chi connectivity index (χ1v) is 9.89. The zero-order chi connectivity index (χ0) is 19.6. The van der Waals surface area contributed by atoms with Crippen molar-refractivity contribution in [2.75, 3.05) is 26.1 Å². The van der Waals surface area contributed by atoms with Crippen LogP contribution in [0.2, 0.25) is 0 Å². The Hall–Kier alpha value is -2.25. The summed E-state index contributed by atoms with van der Waals surface area (Å²) in [4.78, 5) is 19.5. The highest BCUT2D eigenvalue weighted by atomic mass is 79.9. The number of hydrogen-bond donors (Lipinski definition) is 1. The normalized spacial score (nSPS) is 16.7. The number of aryl methyl sites for hydroxylation is 1. The molecule has 0 aromatic heterocycles. The number of ether oxygens (including phenoxy) is 1. The predicted octanol–water partition coefficient (Wildman–Crippen LogP) is 4.72. The van der Waals surface area contributed by atoms with Crippen LogP contribution in [0.15, 0.2) is 50.8 Å². The summed E-state index contributed by atoms with van der Waals surface area (Å²) >= 11 is 4.89. The van der Waals surface area contributed by atoms with E-state index < -0.39 is 0 Å². The summed E-state index contributed by atoms with van der Waals surface area (Å²) in [7, 11) is 5.58. The number of aliphatic imine (C=N–C) groups is 1. The third-order valence-corrected chi connectivity index (χ3v) is 5.50. The summed E-state index contributed by atoms with van der Waals surface area (Å²) in [6.07, 6.45) is 1.86. The van der Waals surface area contributed by atoms with E-state index in [1.807, 2.05) is 68.4 Å². The molecule has 0 unspecified atom stereocenters. The quantitative estimate of drug-likeness (QED) is 0.691. The number of carbonyl (C=O) groups is 1. The fourth-order valence-electron chi connectivity index (χ4n) is 2.60. The SMILES string of the molecule is COc1ccc(C)cc1N=C1NC(=O)/C(=C/c2ccc(N(C)C)c(Br)c2)S1. The van der Waals surface area contributed by atoms with Gasteiger partial charge < -0.3 is 15.0 Å². The van der Waals surface area contributed by atoms with Gasteiger partial charge >= 0.3 is 0 Å². The maximum atomic E-state index is 12.3. The molecule has 27 heavy (non-hydrogen) atoms. The minimum atomic E-state index is -0.154. The molecule has 1 aliphatic rings. The van der Waals surface area contributed by atoms with Crippen molar-refractivity contribution in [1.29, 1.82) is 0 Å². The van der Waals surface area contributed by atoms with E-state index in [4.69, 9.17) is 4.74 Å². The van der Waals surface area contributed by atoms with Crippen LogP contribution in [0.25, 0.3) is 6.08 Å². The number of nitrogens with zero attached hydrogens (tertiary/aromatic N) is 2. The van der Waals surface area contributed by atoms with Gasteiger partial charge in [-0.15, -0.1) is 0 Å². The summed E-state index contributed by atoms with van der Waals surface area (Å²) in [5.74, 6) is 0.516. The van der Waals surface area contributed by atoms with Gasteiger partial charge in [-0.25, -0.2) is 4.99 Å². The van der Waals surface area contributed by atoms with E-state index >= 15 is 0 Å². The number of amidine groups is 1. The zero-order valence-corrected chi connectivity index (χ0v) is 17.9. The molecule has 5 nitrogen and oxygen atoms in total. The Kier molecular flexibility index (Phi) is 5.92. The summed E-state index contributed by atoms with van der Waals surface area (Å²) in [5.41, 5.74) is 3.79. The first-order chi connectivity index (χ1) is 12.9.